The number of hydrogen-bond donors (Lipinski definition) is 1. The van der Waals surface area contributed by atoms with Crippen LogP contribution in [0.1, 0.15) is 29.2 Å². The molecule has 1 aliphatic heterocycles. The van der Waals surface area contributed by atoms with Crippen molar-refractivity contribution in [3.63, 3.8) is 0 Å². The molecule has 8 heteroatoms. The number of urea groups is 1. The minimum atomic E-state index is -0.780. The fraction of sp³-hybridized carbons (Fsp3) is 0.111. The van der Waals surface area contributed by atoms with Crippen molar-refractivity contribution in [3.05, 3.63) is 98.1 Å². The van der Waals surface area contributed by atoms with E-state index in [1.807, 2.05) is 31.2 Å². The zero-order valence-electron chi connectivity index (χ0n) is 18.7. The first-order chi connectivity index (χ1) is 16.9. The van der Waals surface area contributed by atoms with Crippen LogP contribution in [0.25, 0.3) is 6.08 Å². The molecule has 4 rings (SSSR count). The summed E-state index contributed by atoms with van der Waals surface area (Å²) in [5, 5.41) is 11.5. The van der Waals surface area contributed by atoms with Gasteiger partial charge in [0.15, 0.2) is 0 Å². The molecule has 0 unspecified atom stereocenters. The molecule has 174 valence electrons. The molecule has 0 bridgehead atoms. The third-order valence-electron chi connectivity index (χ3n) is 5.49. The summed E-state index contributed by atoms with van der Waals surface area (Å²) in [6.45, 7) is 2.24. The number of nitrogens with one attached hydrogen (secondary N) is 1. The van der Waals surface area contributed by atoms with Crippen LogP contribution in [-0.4, -0.2) is 17.8 Å². The minimum Gasteiger partial charge on any atom is -0.488 e. The van der Waals surface area contributed by atoms with Gasteiger partial charge >= 0.3 is 6.03 Å². The average Bonchev–Trinajstić information content (AvgIpc) is 2.86. The Bertz CT molecular complexity index is 1390. The Morgan fingerprint density at radius 1 is 1.06 bits per heavy atom. The molecule has 1 saturated heterocycles. The van der Waals surface area contributed by atoms with Crippen molar-refractivity contribution in [1.29, 1.82) is 5.26 Å². The number of anilines is 1. The number of ether oxygens (including phenoxy) is 1. The van der Waals surface area contributed by atoms with Crippen molar-refractivity contribution in [2.24, 2.45) is 0 Å². The van der Waals surface area contributed by atoms with Gasteiger partial charge in [-0.15, -0.1) is 0 Å². The highest BCUT2D eigenvalue weighted by molar-refractivity contribution is 14.1. The molecule has 3 aromatic rings. The van der Waals surface area contributed by atoms with Crippen LogP contribution in [0, 0.1) is 14.9 Å². The second-order valence-corrected chi connectivity index (χ2v) is 8.89. The molecule has 0 atom stereocenters. The molecule has 4 amide bonds. The number of halogens is 1. The predicted octanol–water partition coefficient (Wildman–Crippen LogP) is 4.97. The second kappa shape index (κ2) is 10.5. The fourth-order valence-corrected chi connectivity index (χ4v) is 4.27. The van der Waals surface area contributed by atoms with Crippen molar-refractivity contribution >= 4 is 52.2 Å². The first-order valence-corrected chi connectivity index (χ1v) is 11.9. The Labute approximate surface area is 216 Å². The van der Waals surface area contributed by atoms with Crippen LogP contribution in [0.5, 0.6) is 5.75 Å². The predicted molar refractivity (Wildman–Crippen MR) is 139 cm³/mol. The first-order valence-electron chi connectivity index (χ1n) is 10.8. The van der Waals surface area contributed by atoms with Gasteiger partial charge in [-0.05, 0) is 76.5 Å². The second-order valence-electron chi connectivity index (χ2n) is 7.73. The van der Waals surface area contributed by atoms with Gasteiger partial charge in [-0.2, -0.15) is 5.26 Å². The fourth-order valence-electron chi connectivity index (χ4n) is 3.57. The number of nitriles is 1. The molecule has 1 fully saturated rings. The number of imide groups is 2. The Hall–Kier alpha value is -3.97. The Morgan fingerprint density at radius 3 is 2.49 bits per heavy atom. The number of amides is 4. The minimum absolute atomic E-state index is 0.142. The van der Waals surface area contributed by atoms with Gasteiger partial charge in [0.1, 0.15) is 17.9 Å². The van der Waals surface area contributed by atoms with Gasteiger partial charge in [-0.3, -0.25) is 14.9 Å². The van der Waals surface area contributed by atoms with Crippen LogP contribution in [0.4, 0.5) is 10.5 Å². The molecule has 1 aliphatic rings. The van der Waals surface area contributed by atoms with Crippen LogP contribution in [0.15, 0.2) is 72.3 Å². The lowest BCUT2D eigenvalue weighted by Gasteiger charge is -2.26. The molecule has 0 aromatic heterocycles. The summed E-state index contributed by atoms with van der Waals surface area (Å²) < 4.78 is 6.64. The Balaban J connectivity index is 1.56. The van der Waals surface area contributed by atoms with Crippen LogP contribution >= 0.6 is 22.6 Å². The number of hydrogen-bond acceptors (Lipinski definition) is 5. The molecule has 0 aliphatic carbocycles. The number of carbonyl (C=O) groups is 3. The summed E-state index contributed by atoms with van der Waals surface area (Å²) in [5.74, 6) is -0.830. The highest BCUT2D eigenvalue weighted by Crippen LogP contribution is 2.27. The SMILES string of the molecule is CCc1ccc(N2C(=O)NC(=O)/C(=C/c3ccc(OCc4ccccc4C#N)c(I)c3)C2=O)cc1. The third-order valence-corrected chi connectivity index (χ3v) is 6.34. The van der Waals surface area contributed by atoms with Crippen molar-refractivity contribution < 1.29 is 19.1 Å². The number of benzene rings is 3. The van der Waals surface area contributed by atoms with Crippen LogP contribution < -0.4 is 15.0 Å². The van der Waals surface area contributed by atoms with Gasteiger partial charge in [0.25, 0.3) is 11.8 Å². The molecule has 0 radical (unpaired) electrons. The van der Waals surface area contributed by atoms with Crippen molar-refractivity contribution in [2.45, 2.75) is 20.0 Å². The van der Waals surface area contributed by atoms with E-state index in [0.717, 1.165) is 26.0 Å². The van der Waals surface area contributed by atoms with E-state index in [1.54, 1.807) is 42.5 Å². The summed E-state index contributed by atoms with van der Waals surface area (Å²) >= 11 is 2.11. The molecular weight excluding hydrogens is 557 g/mol. The van der Waals surface area contributed by atoms with Gasteiger partial charge in [-0.1, -0.05) is 43.3 Å². The quantitative estimate of drug-likeness (QED) is 0.254. The average molecular weight is 577 g/mol. The maximum atomic E-state index is 13.1. The van der Waals surface area contributed by atoms with Crippen molar-refractivity contribution in [1.82, 2.24) is 5.32 Å². The summed E-state index contributed by atoms with van der Waals surface area (Å²) in [6, 6.07) is 20.9. The van der Waals surface area contributed by atoms with Gasteiger partial charge in [-0.25, -0.2) is 9.69 Å². The zero-order valence-corrected chi connectivity index (χ0v) is 20.9. The van der Waals surface area contributed by atoms with Crippen molar-refractivity contribution in [2.75, 3.05) is 4.90 Å². The topological polar surface area (TPSA) is 99.5 Å². The maximum absolute atomic E-state index is 13.1. The van der Waals surface area contributed by atoms with Gasteiger partial charge < -0.3 is 4.74 Å². The molecular formula is C27H20IN3O4. The van der Waals surface area contributed by atoms with E-state index in [9.17, 15) is 19.6 Å². The van der Waals surface area contributed by atoms with Crippen LogP contribution in [0.2, 0.25) is 0 Å². The lowest BCUT2D eigenvalue weighted by molar-refractivity contribution is -0.122. The molecule has 3 aromatic carbocycles. The van der Waals surface area contributed by atoms with E-state index in [0.29, 0.717) is 22.6 Å². The van der Waals surface area contributed by atoms with Gasteiger partial charge in [0, 0.05) is 5.56 Å². The van der Waals surface area contributed by atoms with Crippen molar-refractivity contribution in [3.8, 4) is 11.8 Å². The molecule has 35 heavy (non-hydrogen) atoms. The summed E-state index contributed by atoms with van der Waals surface area (Å²) in [7, 11) is 0. The zero-order chi connectivity index (χ0) is 24.9. The molecule has 7 nitrogen and oxygen atoms in total. The summed E-state index contributed by atoms with van der Waals surface area (Å²) in [4.78, 5) is 38.9. The Morgan fingerprint density at radius 2 is 1.80 bits per heavy atom. The summed E-state index contributed by atoms with van der Waals surface area (Å²) in [6.07, 6.45) is 2.28. The lowest BCUT2D eigenvalue weighted by Crippen LogP contribution is -2.54. The maximum Gasteiger partial charge on any atom is 0.335 e. The molecule has 1 heterocycles. The Kier molecular flexibility index (Phi) is 7.27. The normalized spacial score (nSPS) is 14.6. The van der Waals surface area contributed by atoms with E-state index in [-0.39, 0.29) is 12.2 Å². The summed E-state index contributed by atoms with van der Waals surface area (Å²) in [5.41, 5.74) is 3.25. The highest BCUT2D eigenvalue weighted by Gasteiger charge is 2.36. The van der Waals surface area contributed by atoms with E-state index in [4.69, 9.17) is 4.74 Å². The van der Waals surface area contributed by atoms with E-state index in [2.05, 4.69) is 34.0 Å². The monoisotopic (exact) mass is 577 g/mol. The first kappa shape index (κ1) is 24.2. The highest BCUT2D eigenvalue weighted by atomic mass is 127. The third kappa shape index (κ3) is 5.25. The van der Waals surface area contributed by atoms with Gasteiger partial charge in [0.2, 0.25) is 0 Å². The van der Waals surface area contributed by atoms with Crippen LogP contribution in [0.3, 0.4) is 0 Å². The number of carbonyl (C=O) groups excluding carboxylic acids is 3. The van der Waals surface area contributed by atoms with Gasteiger partial charge in [0.05, 0.1) is 20.9 Å². The largest absolute Gasteiger partial charge is 0.488 e. The molecule has 0 spiro atoms. The molecule has 1 N–H and O–H groups in total. The van der Waals surface area contributed by atoms with E-state index >= 15 is 0 Å². The number of rotatable bonds is 6. The number of barbiturate groups is 1. The molecule has 0 saturated carbocycles. The lowest BCUT2D eigenvalue weighted by atomic mass is 10.1. The smallest absolute Gasteiger partial charge is 0.335 e. The number of nitrogens with zero attached hydrogens (tertiary/aromatic N) is 2. The number of aryl methyl sites for hydroxylation is 1. The standard InChI is InChI=1S/C27H20IN3O4/c1-2-17-7-10-21(11-8-17)31-26(33)22(25(32)30-27(31)34)13-18-9-12-24(23(28)14-18)35-16-20-6-4-3-5-19(20)15-29/h3-14H,2,16H2,1H3,(H,30,32,34)/b22-13-. The van der Waals surface area contributed by atoms with E-state index < -0.39 is 17.8 Å². The van der Waals surface area contributed by atoms with E-state index in [1.165, 1.54) is 6.08 Å². The van der Waals surface area contributed by atoms with Crippen LogP contribution in [-0.2, 0) is 22.6 Å².